The minimum Gasteiger partial charge on any atom is -0.383 e. The standard InChI is InChI=1S/C13H20N2O/c1-14-12-7-8-15(9-10-16-2)13-6-4-3-5-11(12)13/h3-6,12,14H,7-10H2,1-2H3. The molecule has 0 spiro atoms. The van der Waals surface area contributed by atoms with Gasteiger partial charge >= 0.3 is 0 Å². The van der Waals surface area contributed by atoms with Crippen LogP contribution in [0.25, 0.3) is 0 Å². The van der Waals surface area contributed by atoms with Crippen LogP contribution in [0.4, 0.5) is 5.69 Å². The molecule has 1 aliphatic rings. The lowest BCUT2D eigenvalue weighted by Gasteiger charge is -2.35. The van der Waals surface area contributed by atoms with E-state index >= 15 is 0 Å². The van der Waals surface area contributed by atoms with Crippen LogP contribution in [0, 0.1) is 0 Å². The van der Waals surface area contributed by atoms with E-state index < -0.39 is 0 Å². The number of nitrogens with zero attached hydrogens (tertiary/aromatic N) is 1. The molecule has 0 fully saturated rings. The van der Waals surface area contributed by atoms with E-state index in [0.29, 0.717) is 6.04 Å². The Labute approximate surface area is 97.4 Å². The third-order valence-corrected chi connectivity index (χ3v) is 3.25. The highest BCUT2D eigenvalue weighted by Gasteiger charge is 2.22. The van der Waals surface area contributed by atoms with Crippen LogP contribution in [0.5, 0.6) is 0 Å². The van der Waals surface area contributed by atoms with Crippen molar-refractivity contribution in [1.82, 2.24) is 5.32 Å². The van der Waals surface area contributed by atoms with E-state index in [4.69, 9.17) is 4.74 Å². The van der Waals surface area contributed by atoms with Crippen LogP contribution in [0.1, 0.15) is 18.0 Å². The van der Waals surface area contributed by atoms with Gasteiger partial charge in [0.2, 0.25) is 0 Å². The van der Waals surface area contributed by atoms with Crippen LogP contribution < -0.4 is 10.2 Å². The van der Waals surface area contributed by atoms with E-state index in [0.717, 1.165) is 26.1 Å². The molecule has 0 amide bonds. The molecule has 1 aromatic carbocycles. The molecule has 0 saturated heterocycles. The molecule has 1 N–H and O–H groups in total. The molecule has 0 saturated carbocycles. The predicted molar refractivity (Wildman–Crippen MR) is 66.9 cm³/mol. The van der Waals surface area contributed by atoms with Crippen molar-refractivity contribution < 1.29 is 4.74 Å². The first-order valence-corrected chi connectivity index (χ1v) is 5.87. The van der Waals surface area contributed by atoms with Crippen molar-refractivity contribution in [2.75, 3.05) is 38.8 Å². The number of hydrogen-bond donors (Lipinski definition) is 1. The summed E-state index contributed by atoms with van der Waals surface area (Å²) in [6.45, 7) is 2.87. The Kier molecular flexibility index (Phi) is 3.80. The van der Waals surface area contributed by atoms with Gasteiger partial charge in [-0.15, -0.1) is 0 Å². The second kappa shape index (κ2) is 5.32. The number of anilines is 1. The van der Waals surface area contributed by atoms with Crippen LogP contribution >= 0.6 is 0 Å². The monoisotopic (exact) mass is 220 g/mol. The Morgan fingerprint density at radius 1 is 1.44 bits per heavy atom. The molecule has 0 bridgehead atoms. The van der Waals surface area contributed by atoms with Crippen molar-refractivity contribution in [2.45, 2.75) is 12.5 Å². The molecule has 2 rings (SSSR count). The summed E-state index contributed by atoms with van der Waals surface area (Å²) >= 11 is 0. The molecule has 1 atom stereocenters. The average molecular weight is 220 g/mol. The number of benzene rings is 1. The molecule has 1 aliphatic heterocycles. The number of rotatable bonds is 4. The van der Waals surface area contributed by atoms with Crippen molar-refractivity contribution in [2.24, 2.45) is 0 Å². The fourth-order valence-electron chi connectivity index (χ4n) is 2.36. The van der Waals surface area contributed by atoms with Crippen molar-refractivity contribution in [3.05, 3.63) is 29.8 Å². The summed E-state index contributed by atoms with van der Waals surface area (Å²) in [5.74, 6) is 0. The van der Waals surface area contributed by atoms with Crippen LogP contribution in [0.2, 0.25) is 0 Å². The third-order valence-electron chi connectivity index (χ3n) is 3.25. The molecule has 1 heterocycles. The van der Waals surface area contributed by atoms with Gasteiger partial charge in [-0.25, -0.2) is 0 Å². The number of ether oxygens (including phenoxy) is 1. The first kappa shape index (κ1) is 11.4. The third kappa shape index (κ3) is 2.20. The van der Waals surface area contributed by atoms with Gasteiger partial charge in [0.25, 0.3) is 0 Å². The molecule has 3 nitrogen and oxygen atoms in total. The van der Waals surface area contributed by atoms with Gasteiger partial charge in [-0.2, -0.15) is 0 Å². The minimum atomic E-state index is 0.495. The van der Waals surface area contributed by atoms with Crippen molar-refractivity contribution in [1.29, 1.82) is 0 Å². The molecule has 0 aliphatic carbocycles. The summed E-state index contributed by atoms with van der Waals surface area (Å²) in [4.78, 5) is 2.41. The first-order valence-electron chi connectivity index (χ1n) is 5.87. The zero-order valence-corrected chi connectivity index (χ0v) is 10.1. The number of fused-ring (bicyclic) bond motifs is 1. The van der Waals surface area contributed by atoms with Gasteiger partial charge in [0.15, 0.2) is 0 Å². The van der Waals surface area contributed by atoms with Crippen molar-refractivity contribution >= 4 is 5.69 Å². The highest BCUT2D eigenvalue weighted by atomic mass is 16.5. The molecule has 0 radical (unpaired) electrons. The normalized spacial score (nSPS) is 19.6. The van der Waals surface area contributed by atoms with Gasteiger partial charge in [-0.1, -0.05) is 18.2 Å². The van der Waals surface area contributed by atoms with E-state index in [1.807, 2.05) is 7.05 Å². The Morgan fingerprint density at radius 2 is 2.25 bits per heavy atom. The molecule has 1 aromatic rings. The Balaban J connectivity index is 2.21. The van der Waals surface area contributed by atoms with Crippen LogP contribution in [0.15, 0.2) is 24.3 Å². The van der Waals surface area contributed by atoms with Gasteiger partial charge in [-0.05, 0) is 25.1 Å². The number of para-hydroxylation sites is 1. The second-order valence-electron chi connectivity index (χ2n) is 4.17. The molecule has 16 heavy (non-hydrogen) atoms. The van der Waals surface area contributed by atoms with E-state index in [1.165, 1.54) is 11.3 Å². The molecule has 3 heteroatoms. The van der Waals surface area contributed by atoms with E-state index in [-0.39, 0.29) is 0 Å². The van der Waals surface area contributed by atoms with Crippen LogP contribution in [-0.4, -0.2) is 33.9 Å². The van der Waals surface area contributed by atoms with Crippen LogP contribution in [-0.2, 0) is 4.74 Å². The summed E-state index contributed by atoms with van der Waals surface area (Å²) in [6, 6.07) is 9.14. The van der Waals surface area contributed by atoms with Crippen molar-refractivity contribution in [3.63, 3.8) is 0 Å². The highest BCUT2D eigenvalue weighted by Crippen LogP contribution is 2.32. The number of methoxy groups -OCH3 is 1. The number of hydrogen-bond acceptors (Lipinski definition) is 3. The number of nitrogens with one attached hydrogen (secondary N) is 1. The topological polar surface area (TPSA) is 24.5 Å². The van der Waals surface area contributed by atoms with Gasteiger partial charge in [-0.3, -0.25) is 0 Å². The average Bonchev–Trinajstić information content (AvgIpc) is 2.36. The summed E-state index contributed by atoms with van der Waals surface area (Å²) in [5, 5.41) is 3.38. The Bertz CT molecular complexity index is 340. The first-order chi connectivity index (χ1) is 7.86. The zero-order valence-electron chi connectivity index (χ0n) is 10.1. The fraction of sp³-hybridized carbons (Fsp3) is 0.538. The molecular weight excluding hydrogens is 200 g/mol. The van der Waals surface area contributed by atoms with Gasteiger partial charge < -0.3 is 15.0 Å². The summed E-state index contributed by atoms with van der Waals surface area (Å²) in [7, 11) is 3.79. The van der Waals surface area contributed by atoms with Gasteiger partial charge in [0, 0.05) is 31.9 Å². The van der Waals surface area contributed by atoms with E-state index in [9.17, 15) is 0 Å². The maximum atomic E-state index is 5.16. The van der Waals surface area contributed by atoms with Crippen LogP contribution in [0.3, 0.4) is 0 Å². The molecule has 88 valence electrons. The van der Waals surface area contributed by atoms with Gasteiger partial charge in [0.05, 0.1) is 6.61 Å². The van der Waals surface area contributed by atoms with Gasteiger partial charge in [0.1, 0.15) is 0 Å². The van der Waals surface area contributed by atoms with E-state index in [2.05, 4.69) is 34.5 Å². The summed E-state index contributed by atoms with van der Waals surface area (Å²) in [6.07, 6.45) is 1.16. The predicted octanol–water partition coefficient (Wildman–Crippen LogP) is 1.80. The zero-order chi connectivity index (χ0) is 11.4. The fourth-order valence-corrected chi connectivity index (χ4v) is 2.36. The van der Waals surface area contributed by atoms with Crippen molar-refractivity contribution in [3.8, 4) is 0 Å². The quantitative estimate of drug-likeness (QED) is 0.837. The largest absolute Gasteiger partial charge is 0.383 e. The maximum absolute atomic E-state index is 5.16. The second-order valence-corrected chi connectivity index (χ2v) is 4.17. The minimum absolute atomic E-state index is 0.495. The lowest BCUT2D eigenvalue weighted by molar-refractivity contribution is 0.204. The molecular formula is C13H20N2O. The Morgan fingerprint density at radius 3 is 3.00 bits per heavy atom. The molecule has 0 aromatic heterocycles. The summed E-state index contributed by atoms with van der Waals surface area (Å²) < 4.78 is 5.16. The smallest absolute Gasteiger partial charge is 0.0637 e. The lowest BCUT2D eigenvalue weighted by atomic mass is 9.96. The lowest BCUT2D eigenvalue weighted by Crippen LogP contribution is -2.36. The highest BCUT2D eigenvalue weighted by molar-refractivity contribution is 5.56. The Hall–Kier alpha value is -1.06. The SMILES string of the molecule is CNC1CCN(CCOC)c2ccccc21. The molecule has 1 unspecified atom stereocenters. The van der Waals surface area contributed by atoms with E-state index in [1.54, 1.807) is 7.11 Å². The maximum Gasteiger partial charge on any atom is 0.0637 e. The summed E-state index contributed by atoms with van der Waals surface area (Å²) in [5.41, 5.74) is 2.76.